The van der Waals surface area contributed by atoms with Crippen LogP contribution < -0.4 is 0 Å². The monoisotopic (exact) mass is 1030 g/mol. The van der Waals surface area contributed by atoms with Gasteiger partial charge in [-0.1, -0.05) is 33.8 Å². The van der Waals surface area contributed by atoms with Gasteiger partial charge in [0.25, 0.3) is 0 Å². The number of hydrogen-bond donors (Lipinski definition) is 0. The summed E-state index contributed by atoms with van der Waals surface area (Å²) in [5.74, 6) is -9.45. The van der Waals surface area contributed by atoms with E-state index in [9.17, 15) is 43.2 Å². The topological polar surface area (TPSA) is 286 Å². The van der Waals surface area contributed by atoms with E-state index in [1.807, 2.05) is 0 Å². The zero-order valence-electron chi connectivity index (χ0n) is 43.5. The number of hydrogen-bond acceptors (Lipinski definition) is 23. The highest BCUT2D eigenvalue weighted by atomic mass is 16.8. The second kappa shape index (κ2) is 26.1. The van der Waals surface area contributed by atoms with E-state index in [-0.39, 0.29) is 12.2 Å². The van der Waals surface area contributed by atoms with Crippen molar-refractivity contribution >= 4 is 53.7 Å². The SMILES string of the molecule is CO[C@@H]1O[C@H](COC(C)=O)[C@@H](O[C@H]2O[C@H](COC(C)=O)[C@@H](O[C@H]3O[C@H](C)[C@@H](N(C(C)=O)[C@H]4C=C(COC(C)=O)[C@@H](OC(C)=O)[C@H](OC(C)=O)[C@H]4C)[C@H](OC(C)=O)[C@H]3C)[C@H](OC(C)=O)[C@H]2C)[C@H](OC(C)=O)[C@H]1C. The van der Waals surface area contributed by atoms with Gasteiger partial charge < -0.3 is 71.2 Å². The van der Waals surface area contributed by atoms with Gasteiger partial charge in [-0.2, -0.15) is 0 Å². The van der Waals surface area contributed by atoms with Gasteiger partial charge in [0.2, 0.25) is 5.91 Å². The van der Waals surface area contributed by atoms with E-state index in [0.29, 0.717) is 0 Å². The summed E-state index contributed by atoms with van der Waals surface area (Å²) in [6.07, 6.45) is -13.8. The molecule has 0 saturated carbocycles. The fraction of sp³-hybridized carbons (Fsp3) is 0.771. The zero-order valence-corrected chi connectivity index (χ0v) is 43.5. The van der Waals surface area contributed by atoms with Crippen LogP contribution in [0.2, 0.25) is 0 Å². The number of carbonyl (C=O) groups excluding carboxylic acids is 9. The molecule has 0 bridgehead atoms. The summed E-state index contributed by atoms with van der Waals surface area (Å²) >= 11 is 0. The lowest BCUT2D eigenvalue weighted by molar-refractivity contribution is -0.362. The summed E-state index contributed by atoms with van der Waals surface area (Å²) in [7, 11) is 1.39. The van der Waals surface area contributed by atoms with Crippen LogP contribution >= 0.6 is 0 Å². The van der Waals surface area contributed by atoms with Crippen LogP contribution in [0.4, 0.5) is 0 Å². The summed E-state index contributed by atoms with van der Waals surface area (Å²) in [5, 5.41) is 0. The van der Waals surface area contributed by atoms with Crippen molar-refractivity contribution in [3.8, 4) is 0 Å². The Bertz CT molecular complexity index is 2010. The van der Waals surface area contributed by atoms with Gasteiger partial charge in [0.15, 0.2) is 25.0 Å². The fourth-order valence-electron chi connectivity index (χ4n) is 9.70. The Balaban J connectivity index is 1.79. The first-order valence-electron chi connectivity index (χ1n) is 23.7. The summed E-state index contributed by atoms with van der Waals surface area (Å²) in [6, 6.07) is -2.08. The van der Waals surface area contributed by atoms with Gasteiger partial charge in [0.1, 0.15) is 68.7 Å². The van der Waals surface area contributed by atoms with Crippen molar-refractivity contribution in [2.45, 2.75) is 189 Å². The van der Waals surface area contributed by atoms with Crippen molar-refractivity contribution in [2.24, 2.45) is 23.7 Å². The predicted molar refractivity (Wildman–Crippen MR) is 241 cm³/mol. The maximum atomic E-state index is 14.1. The van der Waals surface area contributed by atoms with Crippen LogP contribution in [0.3, 0.4) is 0 Å². The van der Waals surface area contributed by atoms with Crippen molar-refractivity contribution in [1.82, 2.24) is 4.90 Å². The molecule has 3 saturated heterocycles. The van der Waals surface area contributed by atoms with Crippen molar-refractivity contribution in [1.29, 1.82) is 0 Å². The van der Waals surface area contributed by atoms with E-state index in [4.69, 9.17) is 66.3 Å². The molecule has 1 aliphatic carbocycles. The fourth-order valence-corrected chi connectivity index (χ4v) is 9.70. The lowest BCUT2D eigenvalue weighted by Crippen LogP contribution is -2.67. The van der Waals surface area contributed by atoms with Gasteiger partial charge in [-0.15, -0.1) is 0 Å². The van der Waals surface area contributed by atoms with Gasteiger partial charge in [-0.25, -0.2) is 0 Å². The molecule has 406 valence electrons. The molecule has 3 fully saturated rings. The highest BCUT2D eigenvalue weighted by Gasteiger charge is 2.57. The van der Waals surface area contributed by atoms with Crippen LogP contribution in [0.5, 0.6) is 0 Å². The number of amides is 1. The number of esters is 8. The Hall–Kier alpha value is -5.27. The minimum atomic E-state index is -1.34. The average molecular weight is 1030 g/mol. The molecule has 0 unspecified atom stereocenters. The van der Waals surface area contributed by atoms with E-state index in [1.165, 1.54) is 60.5 Å². The first-order valence-corrected chi connectivity index (χ1v) is 23.7. The molecule has 72 heavy (non-hydrogen) atoms. The number of ether oxygens (including phenoxy) is 14. The molecule has 24 nitrogen and oxygen atoms in total. The van der Waals surface area contributed by atoms with Crippen LogP contribution in [0.25, 0.3) is 0 Å². The predicted octanol–water partition coefficient (Wildman–Crippen LogP) is 2.02. The van der Waals surface area contributed by atoms with Gasteiger partial charge in [-0.3, -0.25) is 43.2 Å². The maximum Gasteiger partial charge on any atom is 0.303 e. The largest absolute Gasteiger partial charge is 0.463 e. The van der Waals surface area contributed by atoms with Crippen LogP contribution in [0.1, 0.15) is 96.9 Å². The molecular weight excluding hydrogens is 959 g/mol. The van der Waals surface area contributed by atoms with Crippen molar-refractivity contribution < 1.29 is 109 Å². The Kier molecular flexibility index (Phi) is 21.5. The molecule has 3 aliphatic heterocycles. The number of rotatable bonds is 18. The Labute approximate surface area is 418 Å². The van der Waals surface area contributed by atoms with Crippen molar-refractivity contribution in [3.05, 3.63) is 11.6 Å². The third kappa shape index (κ3) is 15.2. The normalized spacial score (nSPS) is 35.5. The average Bonchev–Trinajstić information content (AvgIpc) is 3.26. The molecule has 3 heterocycles. The maximum absolute atomic E-state index is 14.1. The number of methoxy groups -OCH3 is 1. The summed E-state index contributed by atoms with van der Waals surface area (Å²) in [6.45, 7) is 17.7. The zero-order chi connectivity index (χ0) is 54.0. The molecule has 1 amide bonds. The highest BCUT2D eigenvalue weighted by molar-refractivity contribution is 5.75. The molecule has 0 aromatic heterocycles. The van der Waals surface area contributed by atoms with E-state index in [0.717, 1.165) is 13.8 Å². The molecule has 0 aromatic carbocycles. The summed E-state index contributed by atoms with van der Waals surface area (Å²) in [4.78, 5) is 115. The van der Waals surface area contributed by atoms with Gasteiger partial charge in [-0.05, 0) is 6.92 Å². The van der Waals surface area contributed by atoms with Gasteiger partial charge in [0, 0.05) is 98.7 Å². The Morgan fingerprint density at radius 3 is 1.31 bits per heavy atom. The standard InChI is InChI=1S/C48H71NO23/c1-20-35(16-34(17-60-26(7)51)43(68-33(14)58)40(20)65-30(11)55)49(25(6)50)38-24(5)63-47(21(2)39(38)64-29(10)54)71-45-37(19-62-28(9)53)70-48(23(4)42(45)67-32(13)57)72-44-36(18-61-27(8)52)69-46(59-15)22(3)41(44)66-31(12)56/h16,20-24,35-48H,17-19H2,1-15H3/t20-,21+,22+,23+,24+,35-,36+,37+,38+,39+,40+,41+,42+,43+,44+,45+,46+,47+,48+/m0/s1. The van der Waals surface area contributed by atoms with Crippen molar-refractivity contribution in [3.63, 3.8) is 0 Å². The van der Waals surface area contributed by atoms with Crippen LogP contribution in [-0.2, 0) is 109 Å². The summed E-state index contributed by atoms with van der Waals surface area (Å²) in [5.41, 5.74) is 0.208. The Morgan fingerprint density at radius 1 is 0.472 bits per heavy atom. The minimum absolute atomic E-state index is 0.208. The van der Waals surface area contributed by atoms with E-state index >= 15 is 0 Å². The second-order valence-corrected chi connectivity index (χ2v) is 18.5. The second-order valence-electron chi connectivity index (χ2n) is 18.5. The first kappa shape index (κ1) is 59.3. The molecule has 4 aliphatic rings. The molecule has 4 rings (SSSR count). The lowest BCUT2D eigenvalue weighted by Gasteiger charge is -2.53. The Morgan fingerprint density at radius 2 is 0.875 bits per heavy atom. The molecule has 19 atom stereocenters. The van der Waals surface area contributed by atoms with E-state index in [1.54, 1.807) is 40.7 Å². The molecule has 0 radical (unpaired) electrons. The van der Waals surface area contributed by atoms with E-state index < -0.39 is 183 Å². The lowest BCUT2D eigenvalue weighted by atomic mass is 9.79. The molecule has 0 spiro atoms. The number of nitrogens with zero attached hydrogens (tertiary/aromatic N) is 1. The third-order valence-electron chi connectivity index (χ3n) is 12.8. The van der Waals surface area contributed by atoms with Crippen LogP contribution in [0, 0.1) is 23.7 Å². The van der Waals surface area contributed by atoms with Crippen LogP contribution in [0.15, 0.2) is 11.6 Å². The van der Waals surface area contributed by atoms with Gasteiger partial charge >= 0.3 is 47.8 Å². The number of carbonyl (C=O) groups is 9. The quantitative estimate of drug-likeness (QED) is 0.108. The van der Waals surface area contributed by atoms with Gasteiger partial charge in [0.05, 0.1) is 18.2 Å². The molecule has 0 aromatic rings. The van der Waals surface area contributed by atoms with Crippen LogP contribution in [-0.4, -0.2) is 177 Å². The first-order chi connectivity index (χ1) is 33.7. The molecule has 0 N–H and O–H groups in total. The summed E-state index contributed by atoms with van der Waals surface area (Å²) < 4.78 is 83.3. The minimum Gasteiger partial charge on any atom is -0.463 e. The molecular formula is C48H71NO23. The smallest absolute Gasteiger partial charge is 0.303 e. The van der Waals surface area contributed by atoms with E-state index in [2.05, 4.69) is 0 Å². The van der Waals surface area contributed by atoms with Crippen molar-refractivity contribution in [2.75, 3.05) is 26.9 Å². The highest BCUT2D eigenvalue weighted by Crippen LogP contribution is 2.42. The third-order valence-corrected chi connectivity index (χ3v) is 12.8. The molecule has 24 heteroatoms.